The molecule has 0 spiro atoms. The van der Waals surface area contributed by atoms with E-state index in [1.807, 2.05) is 4.90 Å². The molecule has 1 saturated heterocycles. The van der Waals surface area contributed by atoms with Crippen molar-refractivity contribution in [2.75, 3.05) is 26.7 Å². The molecule has 0 bridgehead atoms. The van der Waals surface area contributed by atoms with Gasteiger partial charge in [-0.25, -0.2) is 0 Å². The molecule has 1 rings (SSSR count). The van der Waals surface area contributed by atoms with Crippen LogP contribution in [-0.4, -0.2) is 54.6 Å². The van der Waals surface area contributed by atoms with Crippen LogP contribution >= 0.6 is 0 Å². The fraction of sp³-hybridized carbons (Fsp3) is 0.923. The SMILES string of the molecule is CCCC1NCC(=O)N1CCCN(C)C(C)C. The number of rotatable bonds is 7. The third-order valence-corrected chi connectivity index (χ3v) is 3.54. The molecular weight excluding hydrogens is 214 g/mol. The van der Waals surface area contributed by atoms with Crippen LogP contribution in [0.15, 0.2) is 0 Å². The number of nitrogens with zero attached hydrogens (tertiary/aromatic N) is 2. The van der Waals surface area contributed by atoms with Gasteiger partial charge in [-0.3, -0.25) is 10.1 Å². The van der Waals surface area contributed by atoms with Crippen LogP contribution in [-0.2, 0) is 4.79 Å². The number of hydrogen-bond donors (Lipinski definition) is 1. The molecular formula is C13H27N3O. The summed E-state index contributed by atoms with van der Waals surface area (Å²) in [5.74, 6) is 0.260. The zero-order valence-corrected chi connectivity index (χ0v) is 11.7. The molecule has 1 fully saturated rings. The van der Waals surface area contributed by atoms with E-state index in [-0.39, 0.29) is 12.1 Å². The van der Waals surface area contributed by atoms with Gasteiger partial charge in [0.1, 0.15) is 0 Å². The fourth-order valence-electron chi connectivity index (χ4n) is 2.15. The van der Waals surface area contributed by atoms with Crippen molar-refractivity contribution in [3.8, 4) is 0 Å². The molecule has 4 heteroatoms. The van der Waals surface area contributed by atoms with E-state index in [1.165, 1.54) is 0 Å². The van der Waals surface area contributed by atoms with E-state index in [0.29, 0.717) is 12.6 Å². The van der Waals surface area contributed by atoms with Crippen molar-refractivity contribution in [1.29, 1.82) is 0 Å². The summed E-state index contributed by atoms with van der Waals surface area (Å²) in [5, 5.41) is 3.28. The Bertz CT molecular complexity index is 243. The molecule has 0 aromatic rings. The molecule has 1 aliphatic heterocycles. The molecule has 1 atom stereocenters. The third kappa shape index (κ3) is 4.28. The molecule has 100 valence electrons. The minimum atomic E-state index is 0.260. The first kappa shape index (κ1) is 14.5. The summed E-state index contributed by atoms with van der Waals surface area (Å²) < 4.78 is 0. The van der Waals surface area contributed by atoms with Gasteiger partial charge in [0.25, 0.3) is 0 Å². The Kier molecular flexibility index (Phi) is 5.92. The highest BCUT2D eigenvalue weighted by Gasteiger charge is 2.28. The van der Waals surface area contributed by atoms with Gasteiger partial charge in [-0.1, -0.05) is 13.3 Å². The van der Waals surface area contributed by atoms with Crippen molar-refractivity contribution in [2.45, 2.75) is 52.2 Å². The van der Waals surface area contributed by atoms with Crippen LogP contribution < -0.4 is 5.32 Å². The van der Waals surface area contributed by atoms with E-state index < -0.39 is 0 Å². The average molecular weight is 241 g/mol. The van der Waals surface area contributed by atoms with Crippen molar-refractivity contribution >= 4 is 5.91 Å². The third-order valence-electron chi connectivity index (χ3n) is 3.54. The predicted molar refractivity (Wildman–Crippen MR) is 70.8 cm³/mol. The van der Waals surface area contributed by atoms with Gasteiger partial charge in [0.05, 0.1) is 12.7 Å². The van der Waals surface area contributed by atoms with Gasteiger partial charge >= 0.3 is 0 Å². The van der Waals surface area contributed by atoms with Crippen molar-refractivity contribution in [3.63, 3.8) is 0 Å². The van der Waals surface area contributed by atoms with Crippen LogP contribution in [0.2, 0.25) is 0 Å². The summed E-state index contributed by atoms with van der Waals surface area (Å²) >= 11 is 0. The molecule has 17 heavy (non-hydrogen) atoms. The van der Waals surface area contributed by atoms with Gasteiger partial charge in [-0.15, -0.1) is 0 Å². The Morgan fingerprint density at radius 3 is 2.82 bits per heavy atom. The monoisotopic (exact) mass is 241 g/mol. The molecule has 0 aliphatic carbocycles. The Hall–Kier alpha value is -0.610. The van der Waals surface area contributed by atoms with E-state index in [4.69, 9.17) is 0 Å². The first-order valence-electron chi connectivity index (χ1n) is 6.79. The lowest BCUT2D eigenvalue weighted by Gasteiger charge is -2.26. The maximum absolute atomic E-state index is 11.7. The highest BCUT2D eigenvalue weighted by Crippen LogP contribution is 2.11. The van der Waals surface area contributed by atoms with Crippen LogP contribution in [0.25, 0.3) is 0 Å². The van der Waals surface area contributed by atoms with Crippen molar-refractivity contribution in [3.05, 3.63) is 0 Å². The van der Waals surface area contributed by atoms with E-state index in [0.717, 1.165) is 32.4 Å². The number of carbonyl (C=O) groups is 1. The maximum Gasteiger partial charge on any atom is 0.237 e. The van der Waals surface area contributed by atoms with Gasteiger partial charge in [0, 0.05) is 12.6 Å². The smallest absolute Gasteiger partial charge is 0.237 e. The van der Waals surface area contributed by atoms with E-state index >= 15 is 0 Å². The minimum absolute atomic E-state index is 0.260. The van der Waals surface area contributed by atoms with Gasteiger partial charge in [-0.05, 0) is 40.3 Å². The highest BCUT2D eigenvalue weighted by molar-refractivity contribution is 5.80. The summed E-state index contributed by atoms with van der Waals surface area (Å²) in [4.78, 5) is 16.1. The van der Waals surface area contributed by atoms with E-state index in [1.54, 1.807) is 0 Å². The minimum Gasteiger partial charge on any atom is -0.326 e. The van der Waals surface area contributed by atoms with Crippen LogP contribution in [0.3, 0.4) is 0 Å². The lowest BCUT2D eigenvalue weighted by molar-refractivity contribution is -0.128. The number of carbonyl (C=O) groups excluding carboxylic acids is 1. The Morgan fingerprint density at radius 1 is 1.53 bits per heavy atom. The number of nitrogens with one attached hydrogen (secondary N) is 1. The lowest BCUT2D eigenvalue weighted by atomic mass is 10.2. The summed E-state index contributed by atoms with van der Waals surface area (Å²) in [6.45, 7) is 9.01. The molecule has 0 aromatic carbocycles. The zero-order valence-electron chi connectivity index (χ0n) is 11.7. The predicted octanol–water partition coefficient (Wildman–Crippen LogP) is 1.27. The normalized spacial score (nSPS) is 20.9. The Morgan fingerprint density at radius 2 is 2.24 bits per heavy atom. The van der Waals surface area contributed by atoms with Gasteiger partial charge in [0.15, 0.2) is 0 Å². The highest BCUT2D eigenvalue weighted by atomic mass is 16.2. The molecule has 1 heterocycles. The second-order valence-corrected chi connectivity index (χ2v) is 5.20. The van der Waals surface area contributed by atoms with E-state index in [2.05, 4.69) is 38.0 Å². The molecule has 0 saturated carbocycles. The first-order chi connectivity index (χ1) is 8.06. The Balaban J connectivity index is 2.31. The number of amides is 1. The molecule has 1 N–H and O–H groups in total. The van der Waals surface area contributed by atoms with Crippen molar-refractivity contribution in [1.82, 2.24) is 15.1 Å². The summed E-state index contributed by atoms with van der Waals surface area (Å²) in [6.07, 6.45) is 3.51. The summed E-state index contributed by atoms with van der Waals surface area (Å²) in [5.41, 5.74) is 0. The van der Waals surface area contributed by atoms with Crippen LogP contribution in [0.1, 0.15) is 40.0 Å². The zero-order chi connectivity index (χ0) is 12.8. The van der Waals surface area contributed by atoms with Crippen LogP contribution in [0, 0.1) is 0 Å². The topological polar surface area (TPSA) is 35.6 Å². The number of hydrogen-bond acceptors (Lipinski definition) is 3. The first-order valence-corrected chi connectivity index (χ1v) is 6.79. The molecule has 4 nitrogen and oxygen atoms in total. The summed E-state index contributed by atoms with van der Waals surface area (Å²) in [6, 6.07) is 0.578. The van der Waals surface area contributed by atoms with Crippen LogP contribution in [0.4, 0.5) is 0 Å². The quantitative estimate of drug-likeness (QED) is 0.729. The maximum atomic E-state index is 11.7. The fourth-order valence-corrected chi connectivity index (χ4v) is 2.15. The molecule has 1 amide bonds. The largest absolute Gasteiger partial charge is 0.326 e. The lowest BCUT2D eigenvalue weighted by Crippen LogP contribution is -2.39. The van der Waals surface area contributed by atoms with Gasteiger partial charge in [-0.2, -0.15) is 0 Å². The second-order valence-electron chi connectivity index (χ2n) is 5.20. The average Bonchev–Trinajstić information content (AvgIpc) is 2.61. The second kappa shape index (κ2) is 6.97. The summed E-state index contributed by atoms with van der Waals surface area (Å²) in [7, 11) is 2.14. The molecule has 1 aliphatic rings. The van der Waals surface area contributed by atoms with Gasteiger partial charge in [0.2, 0.25) is 5.91 Å². The van der Waals surface area contributed by atoms with Crippen molar-refractivity contribution in [2.24, 2.45) is 0 Å². The Labute approximate surface area is 105 Å². The van der Waals surface area contributed by atoms with Crippen LogP contribution in [0.5, 0.6) is 0 Å². The van der Waals surface area contributed by atoms with E-state index in [9.17, 15) is 4.79 Å². The van der Waals surface area contributed by atoms with Gasteiger partial charge < -0.3 is 9.80 Å². The molecule has 0 aromatic heterocycles. The molecule has 0 radical (unpaired) electrons. The van der Waals surface area contributed by atoms with Crippen molar-refractivity contribution < 1.29 is 4.79 Å². The standard InChI is InChI=1S/C13H27N3O/c1-5-7-12-14-10-13(17)16(12)9-6-8-15(4)11(2)3/h11-12,14H,5-10H2,1-4H3. The molecule has 1 unspecified atom stereocenters.